The van der Waals surface area contributed by atoms with Crippen molar-refractivity contribution < 1.29 is 14.4 Å². The predicted octanol–water partition coefficient (Wildman–Crippen LogP) is 2.60. The minimum Gasteiger partial charge on any atom is -0.327 e. The van der Waals surface area contributed by atoms with E-state index in [-0.39, 0.29) is 23.6 Å². The first kappa shape index (κ1) is 15.7. The molecule has 2 aliphatic heterocycles. The van der Waals surface area contributed by atoms with Gasteiger partial charge < -0.3 is 4.90 Å². The minimum atomic E-state index is -0.506. The topological polar surface area (TPSA) is 57.7 Å². The summed E-state index contributed by atoms with van der Waals surface area (Å²) in [6.45, 7) is 4.48. The van der Waals surface area contributed by atoms with Crippen LogP contribution in [0.25, 0.3) is 0 Å². The van der Waals surface area contributed by atoms with E-state index in [1.807, 2.05) is 13.8 Å². The van der Waals surface area contributed by atoms with Gasteiger partial charge in [-0.05, 0) is 37.8 Å². The van der Waals surface area contributed by atoms with Crippen molar-refractivity contribution >= 4 is 23.4 Å². The summed E-state index contributed by atoms with van der Waals surface area (Å²) in [5, 5.41) is 0. The maximum absolute atomic E-state index is 13.0. The van der Waals surface area contributed by atoms with Crippen molar-refractivity contribution in [2.75, 3.05) is 11.4 Å². The van der Waals surface area contributed by atoms with Gasteiger partial charge in [-0.3, -0.25) is 14.4 Å². The molecule has 1 aromatic rings. The first-order chi connectivity index (χ1) is 11.1. The van der Waals surface area contributed by atoms with Gasteiger partial charge in [0.05, 0.1) is 11.3 Å². The number of fused-ring (bicyclic) bond motifs is 2. The molecule has 5 nitrogen and oxygen atoms in total. The lowest BCUT2D eigenvalue weighted by molar-refractivity contribution is -0.130. The number of carbonyl (C=O) groups is 3. The Morgan fingerprint density at radius 1 is 1.22 bits per heavy atom. The highest BCUT2D eigenvalue weighted by molar-refractivity contribution is 6.22. The normalized spacial score (nSPS) is 20.6. The standard InChI is InChI=1S/C18H22N2O3/c1-3-12(4-2)16(21)20-14-9-6-5-8-13(14)17(22)19-11-7-10-15(19)18(20)23/h5-6,8-9,12,15H,3-4,7,10-11H2,1-2H3/t15-/m1/s1. The number of benzene rings is 1. The van der Waals surface area contributed by atoms with E-state index >= 15 is 0 Å². The van der Waals surface area contributed by atoms with E-state index in [1.54, 1.807) is 29.2 Å². The molecule has 3 amide bonds. The molecule has 122 valence electrons. The fourth-order valence-electron chi connectivity index (χ4n) is 3.59. The number of hydrogen-bond acceptors (Lipinski definition) is 3. The first-order valence-corrected chi connectivity index (χ1v) is 8.37. The molecule has 0 N–H and O–H groups in total. The predicted molar refractivity (Wildman–Crippen MR) is 87.1 cm³/mol. The van der Waals surface area contributed by atoms with Crippen LogP contribution in [-0.4, -0.2) is 35.2 Å². The van der Waals surface area contributed by atoms with Crippen LogP contribution in [0.5, 0.6) is 0 Å². The highest BCUT2D eigenvalue weighted by Gasteiger charge is 2.44. The summed E-state index contributed by atoms with van der Waals surface area (Å²) in [6.07, 6.45) is 2.80. The number of hydrogen-bond donors (Lipinski definition) is 0. The summed E-state index contributed by atoms with van der Waals surface area (Å²) in [6, 6.07) is 6.44. The van der Waals surface area contributed by atoms with Crippen molar-refractivity contribution in [2.45, 2.75) is 45.6 Å². The zero-order valence-electron chi connectivity index (χ0n) is 13.6. The third kappa shape index (κ3) is 2.44. The number of carbonyl (C=O) groups excluding carboxylic acids is 3. The second-order valence-electron chi connectivity index (χ2n) is 6.20. The SMILES string of the molecule is CCC(CC)C(=O)N1C(=O)[C@H]2CCCN2C(=O)c2ccccc21. The van der Waals surface area contributed by atoms with E-state index in [0.29, 0.717) is 37.1 Å². The fraction of sp³-hybridized carbons (Fsp3) is 0.500. The minimum absolute atomic E-state index is 0.142. The van der Waals surface area contributed by atoms with E-state index in [9.17, 15) is 14.4 Å². The van der Waals surface area contributed by atoms with Gasteiger partial charge in [-0.25, -0.2) is 4.90 Å². The van der Waals surface area contributed by atoms with E-state index in [4.69, 9.17) is 0 Å². The summed E-state index contributed by atoms with van der Waals surface area (Å²) in [7, 11) is 0. The van der Waals surface area contributed by atoms with Crippen LogP contribution in [0.4, 0.5) is 5.69 Å². The molecule has 2 aliphatic rings. The van der Waals surface area contributed by atoms with Crippen LogP contribution in [0.3, 0.4) is 0 Å². The molecular formula is C18H22N2O3. The average Bonchev–Trinajstić information content (AvgIpc) is 3.02. The van der Waals surface area contributed by atoms with Gasteiger partial charge in [0, 0.05) is 12.5 Å². The molecular weight excluding hydrogens is 292 g/mol. The number of anilines is 1. The van der Waals surface area contributed by atoms with E-state index in [0.717, 1.165) is 6.42 Å². The van der Waals surface area contributed by atoms with E-state index < -0.39 is 6.04 Å². The number of amides is 3. The summed E-state index contributed by atoms with van der Waals surface area (Å²) in [4.78, 5) is 41.7. The van der Waals surface area contributed by atoms with Crippen LogP contribution in [-0.2, 0) is 9.59 Å². The summed E-state index contributed by atoms with van der Waals surface area (Å²) in [5.41, 5.74) is 0.887. The molecule has 5 heteroatoms. The molecule has 0 radical (unpaired) electrons. The molecule has 1 atom stereocenters. The van der Waals surface area contributed by atoms with Gasteiger partial charge in [0.1, 0.15) is 6.04 Å². The molecule has 1 saturated heterocycles. The summed E-state index contributed by atoms with van der Waals surface area (Å²) in [5.74, 6) is -0.780. The molecule has 0 saturated carbocycles. The molecule has 23 heavy (non-hydrogen) atoms. The number of imide groups is 1. The molecule has 0 aromatic heterocycles. The van der Waals surface area contributed by atoms with Gasteiger partial charge in [-0.1, -0.05) is 26.0 Å². The van der Waals surface area contributed by atoms with Gasteiger partial charge in [-0.15, -0.1) is 0 Å². The van der Waals surface area contributed by atoms with Crippen LogP contribution in [0, 0.1) is 5.92 Å². The van der Waals surface area contributed by atoms with Crippen LogP contribution in [0.15, 0.2) is 24.3 Å². The van der Waals surface area contributed by atoms with Crippen LogP contribution >= 0.6 is 0 Å². The van der Waals surface area contributed by atoms with Crippen molar-refractivity contribution in [1.82, 2.24) is 4.90 Å². The zero-order chi connectivity index (χ0) is 16.6. The molecule has 0 spiro atoms. The fourth-order valence-corrected chi connectivity index (χ4v) is 3.59. The third-order valence-corrected chi connectivity index (χ3v) is 4.95. The Morgan fingerprint density at radius 2 is 1.91 bits per heavy atom. The van der Waals surface area contributed by atoms with Crippen LogP contribution in [0.2, 0.25) is 0 Å². The van der Waals surface area contributed by atoms with Gasteiger partial charge >= 0.3 is 0 Å². The quantitative estimate of drug-likeness (QED) is 0.861. The largest absolute Gasteiger partial charge is 0.327 e. The third-order valence-electron chi connectivity index (χ3n) is 4.95. The smallest absolute Gasteiger partial charge is 0.256 e. The van der Waals surface area contributed by atoms with Gasteiger partial charge in [0.25, 0.3) is 11.8 Å². The second-order valence-corrected chi connectivity index (χ2v) is 6.20. The Labute approximate surface area is 136 Å². The maximum atomic E-state index is 13.0. The van der Waals surface area contributed by atoms with Gasteiger partial charge in [-0.2, -0.15) is 0 Å². The number of rotatable bonds is 3. The Bertz CT molecular complexity index is 651. The number of nitrogens with zero attached hydrogens (tertiary/aromatic N) is 2. The zero-order valence-corrected chi connectivity index (χ0v) is 13.6. The maximum Gasteiger partial charge on any atom is 0.256 e. The van der Waals surface area contributed by atoms with E-state index in [1.165, 1.54) is 4.90 Å². The second kappa shape index (κ2) is 6.14. The summed E-state index contributed by atoms with van der Waals surface area (Å²) >= 11 is 0. The Hall–Kier alpha value is -2.17. The average molecular weight is 314 g/mol. The Morgan fingerprint density at radius 3 is 2.61 bits per heavy atom. The molecule has 2 heterocycles. The molecule has 0 aliphatic carbocycles. The van der Waals surface area contributed by atoms with Crippen molar-refractivity contribution in [2.24, 2.45) is 5.92 Å². The molecule has 1 fully saturated rings. The summed E-state index contributed by atoms with van der Waals surface area (Å²) < 4.78 is 0. The number of para-hydroxylation sites is 1. The van der Waals surface area contributed by atoms with Crippen LogP contribution < -0.4 is 4.90 Å². The lowest BCUT2D eigenvalue weighted by Gasteiger charge is -2.27. The van der Waals surface area contributed by atoms with Gasteiger partial charge in [0.2, 0.25) is 5.91 Å². The molecule has 0 bridgehead atoms. The highest BCUT2D eigenvalue weighted by Crippen LogP contribution is 2.33. The Balaban J connectivity index is 2.13. The first-order valence-electron chi connectivity index (χ1n) is 8.37. The molecule has 1 aromatic carbocycles. The highest BCUT2D eigenvalue weighted by atomic mass is 16.2. The lowest BCUT2D eigenvalue weighted by atomic mass is 10.00. The van der Waals surface area contributed by atoms with E-state index in [2.05, 4.69) is 0 Å². The molecule has 3 rings (SSSR count). The van der Waals surface area contributed by atoms with Gasteiger partial charge in [0.15, 0.2) is 0 Å². The monoisotopic (exact) mass is 314 g/mol. The van der Waals surface area contributed by atoms with Crippen molar-refractivity contribution in [1.29, 1.82) is 0 Å². The lowest BCUT2D eigenvalue weighted by Crippen LogP contribution is -2.48. The van der Waals surface area contributed by atoms with Crippen molar-refractivity contribution in [3.8, 4) is 0 Å². The van der Waals surface area contributed by atoms with Crippen molar-refractivity contribution in [3.05, 3.63) is 29.8 Å². The molecule has 0 unspecified atom stereocenters. The van der Waals surface area contributed by atoms with Crippen LogP contribution in [0.1, 0.15) is 49.9 Å². The van der Waals surface area contributed by atoms with Crippen molar-refractivity contribution in [3.63, 3.8) is 0 Å². The Kier molecular flexibility index (Phi) is 4.20.